The molecule has 0 amide bonds. The number of fused-ring (bicyclic) bond motifs is 1. The molecule has 2 aromatic rings. The van der Waals surface area contributed by atoms with Crippen LogP contribution in [0, 0.1) is 0 Å². The predicted molar refractivity (Wildman–Crippen MR) is 54.7 cm³/mol. The van der Waals surface area contributed by atoms with Crippen LogP contribution in [0.25, 0.3) is 11.2 Å². The van der Waals surface area contributed by atoms with E-state index in [0.717, 1.165) is 10.9 Å². The molecule has 17 heavy (non-hydrogen) atoms. The van der Waals surface area contributed by atoms with Crippen LogP contribution in [-0.4, -0.2) is 37.9 Å². The summed E-state index contributed by atoms with van der Waals surface area (Å²) in [6, 6.07) is 0. The summed E-state index contributed by atoms with van der Waals surface area (Å²) in [6.07, 6.45) is 1.30. The molecule has 0 atom stereocenters. The Kier molecular flexibility index (Phi) is 2.28. The van der Waals surface area contributed by atoms with Crippen LogP contribution in [0.1, 0.15) is 0 Å². The topological polar surface area (TPSA) is 113 Å². The van der Waals surface area contributed by atoms with Gasteiger partial charge in [-0.25, -0.2) is 14.3 Å². The lowest BCUT2D eigenvalue weighted by molar-refractivity contribution is 0.534. The van der Waals surface area contributed by atoms with E-state index in [2.05, 4.69) is 4.98 Å². The van der Waals surface area contributed by atoms with E-state index < -0.39 is 11.2 Å². The smallest absolute Gasteiger partial charge is 0.278 e. The first-order valence-corrected chi connectivity index (χ1v) is 4.25. The Morgan fingerprint density at radius 3 is 2.18 bits per heavy atom. The second kappa shape index (κ2) is 3.63. The Balaban J connectivity index is 3.20. The van der Waals surface area contributed by atoms with Crippen LogP contribution < -0.4 is 11.2 Å². The molecule has 0 saturated carbocycles. The molecule has 0 aliphatic carbocycles. The minimum absolute atomic E-state index is 0.0355. The molecule has 0 fully saturated rings. The Hall–Kier alpha value is -2.84. The maximum atomic E-state index is 11.7. The van der Waals surface area contributed by atoms with Crippen LogP contribution in [0.5, 0.6) is 0 Å². The highest BCUT2D eigenvalue weighted by atomic mass is 16.2. The first-order valence-electron chi connectivity index (χ1n) is 4.25. The minimum atomic E-state index is -1.14. The van der Waals surface area contributed by atoms with E-state index in [0.29, 0.717) is 4.57 Å². The average molecular weight is 236 g/mol. The fourth-order valence-corrected chi connectivity index (χ4v) is 1.41. The molecule has 0 unspecified atom stereocenters. The molecule has 0 spiro atoms. The van der Waals surface area contributed by atoms with Gasteiger partial charge in [0.2, 0.25) is 19.2 Å². The third-order valence-electron chi connectivity index (χ3n) is 2.16. The summed E-state index contributed by atoms with van der Waals surface area (Å²) in [5, 5.41) is 0. The number of hydrogen-bond donors (Lipinski definition) is 0. The fourth-order valence-electron chi connectivity index (χ4n) is 1.41. The van der Waals surface area contributed by atoms with E-state index in [1.54, 1.807) is 0 Å². The van der Waals surface area contributed by atoms with Gasteiger partial charge in [0.15, 0.2) is 11.2 Å². The highest BCUT2D eigenvalue weighted by Gasteiger charge is 2.16. The van der Waals surface area contributed by atoms with Crippen LogP contribution in [0.2, 0.25) is 0 Å². The number of aromatic nitrogens is 4. The molecular weight excluding hydrogens is 232 g/mol. The van der Waals surface area contributed by atoms with E-state index in [9.17, 15) is 24.0 Å². The molecular formula is C8H4N4O5. The van der Waals surface area contributed by atoms with Crippen molar-refractivity contribution in [2.75, 3.05) is 0 Å². The van der Waals surface area contributed by atoms with Crippen LogP contribution in [-0.2, 0) is 14.4 Å². The number of carbonyl (C=O) groups excluding carboxylic acids is 3. The van der Waals surface area contributed by atoms with Crippen molar-refractivity contribution in [3.63, 3.8) is 0 Å². The van der Waals surface area contributed by atoms with E-state index in [-0.39, 0.29) is 35.0 Å². The van der Waals surface area contributed by atoms with Crippen molar-refractivity contribution < 1.29 is 14.4 Å². The maximum absolute atomic E-state index is 11.7. The van der Waals surface area contributed by atoms with Gasteiger partial charge in [0.25, 0.3) is 5.56 Å². The van der Waals surface area contributed by atoms with E-state index in [1.165, 1.54) is 0 Å². The molecule has 9 heteroatoms. The van der Waals surface area contributed by atoms with Crippen LogP contribution >= 0.6 is 0 Å². The van der Waals surface area contributed by atoms with Gasteiger partial charge in [0.1, 0.15) is 6.33 Å². The highest BCUT2D eigenvalue weighted by molar-refractivity contribution is 5.82. The summed E-state index contributed by atoms with van der Waals surface area (Å²) in [7, 11) is 0. The molecule has 0 bridgehead atoms. The normalized spacial score (nSPS) is 10.4. The molecule has 86 valence electrons. The fraction of sp³-hybridized carbons (Fsp3) is 0. The Labute approximate surface area is 91.5 Å². The molecule has 2 heterocycles. The second-order valence-electron chi connectivity index (χ2n) is 2.97. The van der Waals surface area contributed by atoms with E-state index in [1.807, 2.05) is 0 Å². The number of hydrogen-bond acceptors (Lipinski definition) is 6. The third-order valence-corrected chi connectivity index (χ3v) is 2.16. The summed E-state index contributed by atoms with van der Waals surface area (Å²) in [5.41, 5.74) is -2.75. The van der Waals surface area contributed by atoms with Crippen LogP contribution in [0.15, 0.2) is 15.9 Å². The van der Waals surface area contributed by atoms with Crippen molar-refractivity contribution in [1.82, 2.24) is 18.7 Å². The largest absolute Gasteiger partial charge is 0.346 e. The van der Waals surface area contributed by atoms with Crippen molar-refractivity contribution in [2.45, 2.75) is 0 Å². The Bertz CT molecular complexity index is 750. The van der Waals surface area contributed by atoms with Gasteiger partial charge in [-0.2, -0.15) is 4.57 Å². The van der Waals surface area contributed by atoms with Crippen LogP contribution in [0.4, 0.5) is 0 Å². The van der Waals surface area contributed by atoms with Crippen molar-refractivity contribution in [2.24, 2.45) is 0 Å². The minimum Gasteiger partial charge on any atom is -0.278 e. The number of carbonyl (C=O) groups is 3. The highest BCUT2D eigenvalue weighted by Crippen LogP contribution is 2.02. The molecule has 0 aromatic carbocycles. The summed E-state index contributed by atoms with van der Waals surface area (Å²) < 4.78 is 1.42. The number of nitrogens with zero attached hydrogens (tertiary/aromatic N) is 4. The number of imidazole rings is 1. The van der Waals surface area contributed by atoms with E-state index in [4.69, 9.17) is 0 Å². The van der Waals surface area contributed by atoms with Crippen molar-refractivity contribution in [3.8, 4) is 0 Å². The summed E-state index contributed by atoms with van der Waals surface area (Å²) in [6.45, 7) is 0. The average Bonchev–Trinajstić information content (AvgIpc) is 2.74. The van der Waals surface area contributed by atoms with Gasteiger partial charge in [0.05, 0.1) is 0 Å². The Morgan fingerprint density at radius 1 is 1.00 bits per heavy atom. The summed E-state index contributed by atoms with van der Waals surface area (Å²) in [5.74, 6) is 0. The van der Waals surface area contributed by atoms with Gasteiger partial charge in [-0.1, -0.05) is 0 Å². The molecule has 2 rings (SSSR count). The van der Waals surface area contributed by atoms with Gasteiger partial charge in [-0.3, -0.25) is 23.7 Å². The third kappa shape index (κ3) is 1.25. The molecule has 0 N–H and O–H groups in total. The zero-order chi connectivity index (χ0) is 12.6. The predicted octanol–water partition coefficient (Wildman–Crippen LogP) is -2.53. The molecule has 0 aliphatic rings. The zero-order valence-corrected chi connectivity index (χ0v) is 8.14. The SMILES string of the molecule is O=Cn1c(=O)c2c(ncn2C=O)n(C=O)c1=O. The van der Waals surface area contributed by atoms with Gasteiger partial charge >= 0.3 is 5.69 Å². The zero-order valence-electron chi connectivity index (χ0n) is 8.14. The lowest BCUT2D eigenvalue weighted by Gasteiger charge is -2.00. The van der Waals surface area contributed by atoms with Gasteiger partial charge in [-0.15, -0.1) is 0 Å². The molecule has 9 nitrogen and oxygen atoms in total. The molecule has 0 aliphatic heterocycles. The monoisotopic (exact) mass is 236 g/mol. The van der Waals surface area contributed by atoms with Gasteiger partial charge in [0, 0.05) is 0 Å². The van der Waals surface area contributed by atoms with Crippen LogP contribution in [0.3, 0.4) is 0 Å². The standard InChI is InChI=1S/C8H4N4O5/c13-2-10-1-9-6-5(10)7(16)12(4-15)8(17)11(6)3-14/h1-4H. The lowest BCUT2D eigenvalue weighted by atomic mass is 10.5. The van der Waals surface area contributed by atoms with Crippen molar-refractivity contribution >= 4 is 30.4 Å². The quantitative estimate of drug-likeness (QED) is 0.543. The molecule has 2 aromatic heterocycles. The van der Waals surface area contributed by atoms with Gasteiger partial charge < -0.3 is 0 Å². The first kappa shape index (κ1) is 10.7. The summed E-state index contributed by atoms with van der Waals surface area (Å²) in [4.78, 5) is 58.7. The first-order chi connectivity index (χ1) is 8.15. The van der Waals surface area contributed by atoms with Crippen molar-refractivity contribution in [3.05, 3.63) is 27.2 Å². The summed E-state index contributed by atoms with van der Waals surface area (Å²) >= 11 is 0. The lowest BCUT2D eigenvalue weighted by Crippen LogP contribution is -2.40. The Morgan fingerprint density at radius 2 is 1.65 bits per heavy atom. The van der Waals surface area contributed by atoms with Crippen molar-refractivity contribution in [1.29, 1.82) is 0 Å². The molecule has 0 saturated heterocycles. The van der Waals surface area contributed by atoms with Gasteiger partial charge in [-0.05, 0) is 0 Å². The van der Waals surface area contributed by atoms with E-state index >= 15 is 0 Å². The maximum Gasteiger partial charge on any atom is 0.346 e. The molecule has 0 radical (unpaired) electrons. The second-order valence-corrected chi connectivity index (χ2v) is 2.97. The number of rotatable bonds is 3.